The average molecular weight is 262 g/mol. The Bertz CT molecular complexity index is 369. The Hall–Kier alpha value is -1.46. The highest BCUT2D eigenvalue weighted by molar-refractivity contribution is 5.52. The van der Waals surface area contributed by atoms with E-state index in [-0.39, 0.29) is 12.5 Å². The molecule has 1 heterocycles. The van der Waals surface area contributed by atoms with E-state index in [4.69, 9.17) is 4.74 Å². The fourth-order valence-corrected chi connectivity index (χ4v) is 1.61. The van der Waals surface area contributed by atoms with Gasteiger partial charge in [-0.05, 0) is 31.9 Å². The first-order chi connectivity index (χ1) is 8.42. The number of anilines is 1. The average Bonchev–Trinajstić information content (AvgIpc) is 2.28. The van der Waals surface area contributed by atoms with Crippen LogP contribution in [0.15, 0.2) is 18.3 Å². The SMILES string of the molecule is COc1ncccc1NC(C)CCCC(F)(F)F. The van der Waals surface area contributed by atoms with Crippen LogP contribution in [0.4, 0.5) is 18.9 Å². The molecule has 1 atom stereocenters. The molecular formula is C12H17F3N2O. The van der Waals surface area contributed by atoms with E-state index in [1.807, 2.05) is 6.92 Å². The lowest BCUT2D eigenvalue weighted by Gasteiger charge is -2.17. The van der Waals surface area contributed by atoms with Crippen LogP contribution < -0.4 is 10.1 Å². The van der Waals surface area contributed by atoms with Gasteiger partial charge in [-0.15, -0.1) is 0 Å². The van der Waals surface area contributed by atoms with Gasteiger partial charge in [0.2, 0.25) is 5.88 Å². The van der Waals surface area contributed by atoms with Crippen LogP contribution in [0.1, 0.15) is 26.2 Å². The molecule has 102 valence electrons. The molecule has 1 aromatic heterocycles. The molecule has 0 aliphatic rings. The molecule has 18 heavy (non-hydrogen) atoms. The third kappa shape index (κ3) is 5.25. The summed E-state index contributed by atoms with van der Waals surface area (Å²) in [6, 6.07) is 3.46. The Balaban J connectivity index is 2.42. The van der Waals surface area contributed by atoms with Crippen LogP contribution >= 0.6 is 0 Å². The summed E-state index contributed by atoms with van der Waals surface area (Å²) in [7, 11) is 1.50. The summed E-state index contributed by atoms with van der Waals surface area (Å²) in [4.78, 5) is 4.01. The van der Waals surface area contributed by atoms with Gasteiger partial charge >= 0.3 is 6.18 Å². The van der Waals surface area contributed by atoms with Crippen molar-refractivity contribution in [2.24, 2.45) is 0 Å². The van der Waals surface area contributed by atoms with E-state index >= 15 is 0 Å². The van der Waals surface area contributed by atoms with E-state index in [1.165, 1.54) is 7.11 Å². The van der Waals surface area contributed by atoms with Crippen molar-refractivity contribution in [3.8, 4) is 5.88 Å². The highest BCUT2D eigenvalue weighted by Gasteiger charge is 2.26. The Morgan fingerprint density at radius 2 is 2.17 bits per heavy atom. The molecule has 1 rings (SSSR count). The van der Waals surface area contributed by atoms with Crippen LogP contribution in [0.2, 0.25) is 0 Å². The van der Waals surface area contributed by atoms with Gasteiger partial charge in [0.15, 0.2) is 0 Å². The van der Waals surface area contributed by atoms with Crippen LogP contribution in [0.3, 0.4) is 0 Å². The van der Waals surface area contributed by atoms with Gasteiger partial charge in [0.1, 0.15) is 0 Å². The predicted molar refractivity (Wildman–Crippen MR) is 63.8 cm³/mol. The highest BCUT2D eigenvalue weighted by atomic mass is 19.4. The molecule has 0 fully saturated rings. The second kappa shape index (κ2) is 6.47. The van der Waals surface area contributed by atoms with Crippen LogP contribution in [-0.2, 0) is 0 Å². The first-order valence-corrected chi connectivity index (χ1v) is 5.74. The van der Waals surface area contributed by atoms with Crippen LogP contribution in [-0.4, -0.2) is 24.3 Å². The molecule has 1 N–H and O–H groups in total. The molecular weight excluding hydrogens is 245 g/mol. The highest BCUT2D eigenvalue weighted by Crippen LogP contribution is 2.25. The van der Waals surface area contributed by atoms with E-state index < -0.39 is 12.6 Å². The van der Waals surface area contributed by atoms with Crippen molar-refractivity contribution in [1.29, 1.82) is 0 Å². The molecule has 1 unspecified atom stereocenters. The van der Waals surface area contributed by atoms with Gasteiger partial charge in [0.05, 0.1) is 12.8 Å². The fourth-order valence-electron chi connectivity index (χ4n) is 1.61. The van der Waals surface area contributed by atoms with Crippen molar-refractivity contribution in [2.75, 3.05) is 12.4 Å². The lowest BCUT2D eigenvalue weighted by atomic mass is 10.1. The molecule has 0 aliphatic heterocycles. The molecule has 0 saturated heterocycles. The maximum Gasteiger partial charge on any atom is 0.389 e. The van der Waals surface area contributed by atoms with Gasteiger partial charge in [0, 0.05) is 18.7 Å². The number of hydrogen-bond acceptors (Lipinski definition) is 3. The zero-order chi connectivity index (χ0) is 13.6. The minimum Gasteiger partial charge on any atom is -0.480 e. The van der Waals surface area contributed by atoms with Crippen molar-refractivity contribution in [2.45, 2.75) is 38.4 Å². The Labute approximate surface area is 104 Å². The number of pyridine rings is 1. The van der Waals surface area contributed by atoms with Gasteiger partial charge in [0.25, 0.3) is 0 Å². The van der Waals surface area contributed by atoms with Crippen molar-refractivity contribution >= 4 is 5.69 Å². The summed E-state index contributed by atoms with van der Waals surface area (Å²) in [5.74, 6) is 0.445. The zero-order valence-electron chi connectivity index (χ0n) is 10.4. The molecule has 0 amide bonds. The molecule has 0 aliphatic carbocycles. The van der Waals surface area contributed by atoms with E-state index in [9.17, 15) is 13.2 Å². The summed E-state index contributed by atoms with van der Waals surface area (Å²) in [5.41, 5.74) is 0.694. The number of methoxy groups -OCH3 is 1. The van der Waals surface area contributed by atoms with Crippen LogP contribution in [0.5, 0.6) is 5.88 Å². The predicted octanol–water partition coefficient (Wildman–Crippen LogP) is 3.62. The molecule has 3 nitrogen and oxygen atoms in total. The standard InChI is InChI=1S/C12H17F3N2O/c1-9(5-3-7-12(13,14)15)17-10-6-4-8-16-11(10)18-2/h4,6,8-9,17H,3,5,7H2,1-2H3. The molecule has 0 spiro atoms. The molecule has 0 bridgehead atoms. The Morgan fingerprint density at radius 3 is 2.78 bits per heavy atom. The normalized spacial score (nSPS) is 13.2. The van der Waals surface area contributed by atoms with Crippen LogP contribution in [0.25, 0.3) is 0 Å². The van der Waals surface area contributed by atoms with Gasteiger partial charge in [-0.25, -0.2) is 4.98 Å². The second-order valence-electron chi connectivity index (χ2n) is 4.11. The number of nitrogens with one attached hydrogen (secondary N) is 1. The number of ether oxygens (including phenoxy) is 1. The molecule has 0 aromatic carbocycles. The molecule has 0 saturated carbocycles. The largest absolute Gasteiger partial charge is 0.480 e. The third-order valence-electron chi connectivity index (χ3n) is 2.46. The van der Waals surface area contributed by atoms with Crippen LogP contribution in [0, 0.1) is 0 Å². The molecule has 6 heteroatoms. The number of hydrogen-bond donors (Lipinski definition) is 1. The second-order valence-corrected chi connectivity index (χ2v) is 4.11. The quantitative estimate of drug-likeness (QED) is 0.850. The Kier molecular flexibility index (Phi) is 5.25. The van der Waals surface area contributed by atoms with E-state index in [0.29, 0.717) is 18.0 Å². The number of halogens is 3. The van der Waals surface area contributed by atoms with Gasteiger partial charge in [-0.3, -0.25) is 0 Å². The van der Waals surface area contributed by atoms with E-state index in [0.717, 1.165) is 0 Å². The lowest BCUT2D eigenvalue weighted by molar-refractivity contribution is -0.135. The molecule has 1 aromatic rings. The number of aromatic nitrogens is 1. The third-order valence-corrected chi connectivity index (χ3v) is 2.46. The monoisotopic (exact) mass is 262 g/mol. The Morgan fingerprint density at radius 1 is 1.44 bits per heavy atom. The minimum absolute atomic E-state index is 0.0644. The van der Waals surface area contributed by atoms with E-state index in [1.54, 1.807) is 18.3 Å². The smallest absolute Gasteiger partial charge is 0.389 e. The maximum absolute atomic E-state index is 12.0. The topological polar surface area (TPSA) is 34.1 Å². The maximum atomic E-state index is 12.0. The summed E-state index contributed by atoms with van der Waals surface area (Å²) >= 11 is 0. The first-order valence-electron chi connectivity index (χ1n) is 5.74. The first kappa shape index (κ1) is 14.6. The van der Waals surface area contributed by atoms with Crippen molar-refractivity contribution < 1.29 is 17.9 Å². The van der Waals surface area contributed by atoms with Crippen molar-refractivity contribution in [3.63, 3.8) is 0 Å². The van der Waals surface area contributed by atoms with Crippen molar-refractivity contribution in [3.05, 3.63) is 18.3 Å². The summed E-state index contributed by atoms with van der Waals surface area (Å²) < 4.78 is 41.1. The zero-order valence-corrected chi connectivity index (χ0v) is 10.4. The van der Waals surface area contributed by atoms with Gasteiger partial charge < -0.3 is 10.1 Å². The van der Waals surface area contributed by atoms with Gasteiger partial charge in [-0.2, -0.15) is 13.2 Å². The van der Waals surface area contributed by atoms with Gasteiger partial charge in [-0.1, -0.05) is 0 Å². The number of nitrogens with zero attached hydrogens (tertiary/aromatic N) is 1. The summed E-state index contributed by atoms with van der Waals surface area (Å²) in [6.07, 6.45) is -2.68. The summed E-state index contributed by atoms with van der Waals surface area (Å²) in [5, 5.41) is 3.09. The summed E-state index contributed by atoms with van der Waals surface area (Å²) in [6.45, 7) is 1.84. The van der Waals surface area contributed by atoms with E-state index in [2.05, 4.69) is 10.3 Å². The number of alkyl halides is 3. The van der Waals surface area contributed by atoms with Crippen molar-refractivity contribution in [1.82, 2.24) is 4.98 Å². The number of rotatable bonds is 6. The fraction of sp³-hybridized carbons (Fsp3) is 0.583. The minimum atomic E-state index is -4.08. The lowest BCUT2D eigenvalue weighted by Crippen LogP contribution is -2.17. The molecule has 0 radical (unpaired) electrons.